The van der Waals surface area contributed by atoms with Gasteiger partial charge >= 0.3 is 0 Å². The summed E-state index contributed by atoms with van der Waals surface area (Å²) >= 11 is 0. The van der Waals surface area contributed by atoms with E-state index in [2.05, 4.69) is 27.5 Å². The first-order valence-electron chi connectivity index (χ1n) is 7.04. The first-order valence-corrected chi connectivity index (χ1v) is 7.04. The van der Waals surface area contributed by atoms with E-state index in [-0.39, 0.29) is 0 Å². The highest BCUT2D eigenvalue weighted by molar-refractivity contribution is 5.71. The molecule has 3 heteroatoms. The van der Waals surface area contributed by atoms with E-state index in [1.807, 2.05) is 13.0 Å². The Bertz CT molecular complexity index is 550. The first-order chi connectivity index (χ1) is 8.74. The summed E-state index contributed by atoms with van der Waals surface area (Å²) in [4.78, 5) is 9.28. The van der Waals surface area contributed by atoms with Gasteiger partial charge in [-0.05, 0) is 44.7 Å². The quantitative estimate of drug-likeness (QED) is 0.806. The van der Waals surface area contributed by atoms with E-state index in [1.54, 1.807) is 0 Å². The molecule has 2 aromatic heterocycles. The lowest BCUT2D eigenvalue weighted by Gasteiger charge is -2.22. The number of hydrogen-bond donors (Lipinski definition) is 0. The van der Waals surface area contributed by atoms with Crippen molar-refractivity contribution < 1.29 is 0 Å². The minimum atomic E-state index is 0.817. The second-order valence-corrected chi connectivity index (χ2v) is 5.57. The summed E-state index contributed by atoms with van der Waals surface area (Å²) in [7, 11) is 0. The summed E-state index contributed by atoms with van der Waals surface area (Å²) in [6.45, 7) is 5.24. The molecule has 3 rings (SSSR count). The molecular formula is C15H21N3. The van der Waals surface area contributed by atoms with Crippen molar-refractivity contribution in [2.45, 2.75) is 52.5 Å². The molecule has 1 fully saturated rings. The summed E-state index contributed by atoms with van der Waals surface area (Å²) in [5.74, 6) is 1.92. The maximum atomic E-state index is 4.66. The predicted molar refractivity (Wildman–Crippen MR) is 73.6 cm³/mol. The number of fused-ring (bicyclic) bond motifs is 1. The van der Waals surface area contributed by atoms with Crippen LogP contribution < -0.4 is 0 Å². The van der Waals surface area contributed by atoms with Gasteiger partial charge in [0.1, 0.15) is 11.3 Å². The zero-order valence-electron chi connectivity index (χ0n) is 11.3. The number of aryl methyl sites for hydroxylation is 2. The van der Waals surface area contributed by atoms with Crippen LogP contribution in [-0.4, -0.2) is 14.5 Å². The van der Waals surface area contributed by atoms with Crippen LogP contribution in [0, 0.1) is 19.8 Å². The third-order valence-electron chi connectivity index (χ3n) is 4.09. The van der Waals surface area contributed by atoms with Gasteiger partial charge in [0, 0.05) is 12.2 Å². The molecule has 0 aliphatic heterocycles. The van der Waals surface area contributed by atoms with Gasteiger partial charge in [0.25, 0.3) is 0 Å². The average Bonchev–Trinajstić information content (AvgIpc) is 2.67. The lowest BCUT2D eigenvalue weighted by molar-refractivity contribution is 0.319. The highest BCUT2D eigenvalue weighted by atomic mass is 15.1. The van der Waals surface area contributed by atoms with Gasteiger partial charge in [0.2, 0.25) is 0 Å². The van der Waals surface area contributed by atoms with Gasteiger partial charge in [-0.1, -0.05) is 19.3 Å². The fourth-order valence-electron chi connectivity index (χ4n) is 3.06. The summed E-state index contributed by atoms with van der Waals surface area (Å²) in [5.41, 5.74) is 3.18. The molecule has 1 saturated carbocycles. The second kappa shape index (κ2) is 4.71. The van der Waals surface area contributed by atoms with Crippen LogP contribution in [0.1, 0.15) is 43.6 Å². The Hall–Kier alpha value is -1.38. The Balaban J connectivity index is 1.94. The molecule has 0 N–H and O–H groups in total. The van der Waals surface area contributed by atoms with Gasteiger partial charge in [-0.3, -0.25) is 0 Å². The molecular weight excluding hydrogens is 222 g/mol. The highest BCUT2D eigenvalue weighted by Crippen LogP contribution is 2.26. The van der Waals surface area contributed by atoms with Crippen molar-refractivity contribution in [1.82, 2.24) is 14.5 Å². The van der Waals surface area contributed by atoms with Gasteiger partial charge in [-0.15, -0.1) is 0 Å². The summed E-state index contributed by atoms with van der Waals surface area (Å²) in [6, 6.07) is 4.13. The van der Waals surface area contributed by atoms with E-state index in [1.165, 1.54) is 32.1 Å². The van der Waals surface area contributed by atoms with Crippen molar-refractivity contribution in [1.29, 1.82) is 0 Å². The Labute approximate surface area is 108 Å². The van der Waals surface area contributed by atoms with E-state index in [4.69, 9.17) is 0 Å². The Morgan fingerprint density at radius 1 is 1.11 bits per heavy atom. The number of nitrogens with zero attached hydrogens (tertiary/aromatic N) is 3. The number of imidazole rings is 1. The van der Waals surface area contributed by atoms with Crippen LogP contribution in [0.2, 0.25) is 0 Å². The topological polar surface area (TPSA) is 30.7 Å². The molecule has 96 valence electrons. The number of rotatable bonds is 2. The van der Waals surface area contributed by atoms with Crippen LogP contribution in [-0.2, 0) is 6.54 Å². The molecule has 2 aromatic rings. The van der Waals surface area contributed by atoms with E-state index < -0.39 is 0 Å². The molecule has 0 bridgehead atoms. The maximum absolute atomic E-state index is 4.66. The number of hydrogen-bond acceptors (Lipinski definition) is 2. The molecule has 18 heavy (non-hydrogen) atoms. The van der Waals surface area contributed by atoms with Gasteiger partial charge in [0.15, 0.2) is 5.65 Å². The standard InChI is InChI=1S/C15H21N3/c1-11-8-9-14-15(16-11)18(12(2)17-14)10-13-6-4-3-5-7-13/h8-9,13H,3-7,10H2,1-2H3. The van der Waals surface area contributed by atoms with E-state index in [0.29, 0.717) is 0 Å². The Kier molecular flexibility index (Phi) is 3.06. The molecule has 0 aromatic carbocycles. The molecule has 0 unspecified atom stereocenters. The van der Waals surface area contributed by atoms with Gasteiger partial charge < -0.3 is 4.57 Å². The molecule has 0 saturated heterocycles. The van der Waals surface area contributed by atoms with Crippen molar-refractivity contribution in [3.05, 3.63) is 23.7 Å². The summed E-state index contributed by atoms with van der Waals surface area (Å²) in [6.07, 6.45) is 6.93. The minimum absolute atomic E-state index is 0.817. The third-order valence-corrected chi connectivity index (χ3v) is 4.09. The maximum Gasteiger partial charge on any atom is 0.160 e. The third kappa shape index (κ3) is 2.14. The van der Waals surface area contributed by atoms with Crippen LogP contribution in [0.4, 0.5) is 0 Å². The lowest BCUT2D eigenvalue weighted by Crippen LogP contribution is -2.15. The molecule has 0 amide bonds. The first kappa shape index (κ1) is 11.7. The fraction of sp³-hybridized carbons (Fsp3) is 0.600. The van der Waals surface area contributed by atoms with Crippen LogP contribution in [0.15, 0.2) is 12.1 Å². The lowest BCUT2D eigenvalue weighted by atomic mass is 9.89. The molecule has 0 radical (unpaired) electrons. The monoisotopic (exact) mass is 243 g/mol. The molecule has 0 atom stereocenters. The van der Waals surface area contributed by atoms with Gasteiger partial charge in [0.05, 0.1) is 0 Å². The summed E-state index contributed by atoms with van der Waals surface area (Å²) < 4.78 is 2.32. The normalized spacial score (nSPS) is 17.4. The zero-order valence-corrected chi connectivity index (χ0v) is 11.3. The number of aromatic nitrogens is 3. The van der Waals surface area contributed by atoms with Crippen molar-refractivity contribution in [3.63, 3.8) is 0 Å². The molecule has 3 nitrogen and oxygen atoms in total. The van der Waals surface area contributed by atoms with Crippen molar-refractivity contribution in [3.8, 4) is 0 Å². The Morgan fingerprint density at radius 3 is 2.67 bits per heavy atom. The van der Waals surface area contributed by atoms with E-state index in [9.17, 15) is 0 Å². The van der Waals surface area contributed by atoms with Crippen molar-refractivity contribution in [2.75, 3.05) is 0 Å². The predicted octanol–water partition coefficient (Wildman–Crippen LogP) is 3.63. The molecule has 1 aliphatic rings. The van der Waals surface area contributed by atoms with Crippen LogP contribution >= 0.6 is 0 Å². The smallest absolute Gasteiger partial charge is 0.160 e. The molecule has 1 aliphatic carbocycles. The highest BCUT2D eigenvalue weighted by Gasteiger charge is 2.17. The second-order valence-electron chi connectivity index (χ2n) is 5.57. The van der Waals surface area contributed by atoms with Crippen LogP contribution in [0.25, 0.3) is 11.2 Å². The zero-order chi connectivity index (χ0) is 12.5. The van der Waals surface area contributed by atoms with E-state index in [0.717, 1.165) is 35.1 Å². The fourth-order valence-corrected chi connectivity index (χ4v) is 3.06. The van der Waals surface area contributed by atoms with Gasteiger partial charge in [-0.2, -0.15) is 0 Å². The SMILES string of the molecule is Cc1ccc2nc(C)n(CC3CCCCC3)c2n1. The summed E-state index contributed by atoms with van der Waals surface area (Å²) in [5, 5.41) is 0. The number of pyridine rings is 1. The molecule has 0 spiro atoms. The van der Waals surface area contributed by atoms with E-state index >= 15 is 0 Å². The van der Waals surface area contributed by atoms with Crippen molar-refractivity contribution >= 4 is 11.2 Å². The van der Waals surface area contributed by atoms with Crippen LogP contribution in [0.3, 0.4) is 0 Å². The van der Waals surface area contributed by atoms with Crippen molar-refractivity contribution in [2.24, 2.45) is 5.92 Å². The minimum Gasteiger partial charge on any atom is -0.313 e. The van der Waals surface area contributed by atoms with Crippen LogP contribution in [0.5, 0.6) is 0 Å². The molecule has 2 heterocycles. The van der Waals surface area contributed by atoms with Gasteiger partial charge in [-0.25, -0.2) is 9.97 Å². The average molecular weight is 243 g/mol. The largest absolute Gasteiger partial charge is 0.313 e. The Morgan fingerprint density at radius 2 is 1.89 bits per heavy atom.